The first-order valence-corrected chi connectivity index (χ1v) is 8.02. The van der Waals surface area contributed by atoms with Gasteiger partial charge >= 0.3 is 0 Å². The van der Waals surface area contributed by atoms with Crippen molar-refractivity contribution in [2.24, 2.45) is 0 Å². The van der Waals surface area contributed by atoms with E-state index in [4.69, 9.17) is 9.47 Å². The fraction of sp³-hybridized carbons (Fsp3) is 0.500. The summed E-state index contributed by atoms with van der Waals surface area (Å²) in [6.07, 6.45) is 8.95. The predicted molar refractivity (Wildman–Crippen MR) is 88.2 cm³/mol. The van der Waals surface area contributed by atoms with Crippen molar-refractivity contribution in [1.29, 1.82) is 0 Å². The summed E-state index contributed by atoms with van der Waals surface area (Å²) in [5.74, 6) is 1.39. The molecule has 0 aliphatic heterocycles. The lowest BCUT2D eigenvalue weighted by atomic mass is 10.2. The number of benzene rings is 1. The zero-order valence-corrected chi connectivity index (χ0v) is 13.4. The fourth-order valence-corrected chi connectivity index (χ4v) is 2.61. The minimum Gasteiger partial charge on any atom is -0.493 e. The van der Waals surface area contributed by atoms with Crippen LogP contribution >= 0.6 is 0 Å². The zero-order valence-electron chi connectivity index (χ0n) is 13.4. The molecule has 120 valence electrons. The summed E-state index contributed by atoms with van der Waals surface area (Å²) < 4.78 is 11.0. The third kappa shape index (κ3) is 4.79. The summed E-state index contributed by atoms with van der Waals surface area (Å²) >= 11 is 0. The molecule has 1 aliphatic carbocycles. The maximum atomic E-state index is 11.9. The summed E-state index contributed by atoms with van der Waals surface area (Å²) in [4.78, 5) is 11.9. The molecule has 1 aromatic rings. The molecule has 1 aliphatic rings. The van der Waals surface area contributed by atoms with Gasteiger partial charge in [-0.1, -0.05) is 25.8 Å². The van der Waals surface area contributed by atoms with E-state index < -0.39 is 0 Å². The number of carbonyl (C=O) groups excluding carboxylic acids is 1. The first kappa shape index (κ1) is 16.4. The van der Waals surface area contributed by atoms with Crippen LogP contribution in [0.25, 0.3) is 6.08 Å². The second-order valence-corrected chi connectivity index (χ2v) is 5.58. The van der Waals surface area contributed by atoms with Crippen LogP contribution in [0.2, 0.25) is 0 Å². The molecule has 4 heteroatoms. The first-order valence-electron chi connectivity index (χ1n) is 8.02. The topological polar surface area (TPSA) is 47.6 Å². The summed E-state index contributed by atoms with van der Waals surface area (Å²) in [5.41, 5.74) is 0.919. The molecule has 0 bridgehead atoms. The highest BCUT2D eigenvalue weighted by atomic mass is 16.5. The summed E-state index contributed by atoms with van der Waals surface area (Å²) in [6, 6.07) is 6.02. The van der Waals surface area contributed by atoms with Gasteiger partial charge in [-0.2, -0.15) is 0 Å². The Morgan fingerprint density at radius 3 is 2.77 bits per heavy atom. The lowest BCUT2D eigenvalue weighted by Gasteiger charge is -2.11. The molecule has 0 radical (unpaired) electrons. The van der Waals surface area contributed by atoms with E-state index in [0.29, 0.717) is 18.4 Å². The van der Waals surface area contributed by atoms with Crippen LogP contribution in [0.3, 0.4) is 0 Å². The predicted octanol–water partition coefficient (Wildman–Crippen LogP) is 3.56. The van der Waals surface area contributed by atoms with E-state index in [1.165, 1.54) is 12.8 Å². The van der Waals surface area contributed by atoms with E-state index >= 15 is 0 Å². The van der Waals surface area contributed by atoms with Crippen LogP contribution in [-0.2, 0) is 4.79 Å². The Morgan fingerprint density at radius 1 is 1.32 bits per heavy atom. The Morgan fingerprint density at radius 2 is 2.09 bits per heavy atom. The van der Waals surface area contributed by atoms with Gasteiger partial charge in [-0.15, -0.1) is 0 Å². The molecule has 0 atom stereocenters. The molecule has 1 N–H and O–H groups in total. The van der Waals surface area contributed by atoms with E-state index in [1.54, 1.807) is 19.3 Å². The van der Waals surface area contributed by atoms with Crippen LogP contribution in [-0.4, -0.2) is 25.7 Å². The van der Waals surface area contributed by atoms with Crippen molar-refractivity contribution in [3.63, 3.8) is 0 Å². The third-order valence-corrected chi connectivity index (χ3v) is 3.78. The Hall–Kier alpha value is -1.97. The molecule has 22 heavy (non-hydrogen) atoms. The average Bonchev–Trinajstić information content (AvgIpc) is 3.04. The molecule has 4 nitrogen and oxygen atoms in total. The van der Waals surface area contributed by atoms with Gasteiger partial charge in [-0.25, -0.2) is 0 Å². The molecular weight excluding hydrogens is 278 g/mol. The number of amides is 1. The van der Waals surface area contributed by atoms with Crippen molar-refractivity contribution in [3.8, 4) is 11.5 Å². The Labute approximate surface area is 132 Å². The van der Waals surface area contributed by atoms with E-state index in [9.17, 15) is 4.79 Å². The largest absolute Gasteiger partial charge is 0.493 e. The molecule has 0 unspecified atom stereocenters. The molecule has 1 aromatic carbocycles. The first-order chi connectivity index (χ1) is 10.7. The normalized spacial score (nSPS) is 15.2. The third-order valence-electron chi connectivity index (χ3n) is 3.78. The molecule has 1 fully saturated rings. The van der Waals surface area contributed by atoms with Crippen LogP contribution in [0.15, 0.2) is 24.3 Å². The van der Waals surface area contributed by atoms with Crippen molar-refractivity contribution in [2.75, 3.05) is 13.7 Å². The molecule has 1 amide bonds. The number of hydrogen-bond acceptors (Lipinski definition) is 3. The highest BCUT2D eigenvalue weighted by Crippen LogP contribution is 2.28. The molecule has 2 rings (SSSR count). The second-order valence-electron chi connectivity index (χ2n) is 5.58. The fourth-order valence-electron chi connectivity index (χ4n) is 2.61. The molecule has 0 saturated heterocycles. The number of hydrogen-bond donors (Lipinski definition) is 1. The Bertz CT molecular complexity index is 519. The van der Waals surface area contributed by atoms with Crippen molar-refractivity contribution < 1.29 is 14.3 Å². The molecular formula is C18H25NO3. The standard InChI is InChI=1S/C18H25NO3/c1-3-12-22-16-10-8-14(13-17(16)21-2)9-11-18(20)19-15-6-4-5-7-15/h8-11,13,15H,3-7,12H2,1-2H3,(H,19,20). The monoisotopic (exact) mass is 303 g/mol. The molecule has 1 saturated carbocycles. The number of rotatable bonds is 7. The van der Waals surface area contributed by atoms with Crippen molar-refractivity contribution in [3.05, 3.63) is 29.8 Å². The lowest BCUT2D eigenvalue weighted by Crippen LogP contribution is -2.30. The van der Waals surface area contributed by atoms with E-state index in [1.807, 2.05) is 18.2 Å². The van der Waals surface area contributed by atoms with Gasteiger partial charge in [-0.05, 0) is 43.0 Å². The summed E-state index contributed by atoms with van der Waals surface area (Å²) in [6.45, 7) is 2.72. The van der Waals surface area contributed by atoms with Gasteiger partial charge < -0.3 is 14.8 Å². The molecule has 0 aromatic heterocycles. The van der Waals surface area contributed by atoms with E-state index in [2.05, 4.69) is 12.2 Å². The minimum atomic E-state index is -0.0304. The number of carbonyl (C=O) groups is 1. The van der Waals surface area contributed by atoms with Crippen molar-refractivity contribution >= 4 is 12.0 Å². The smallest absolute Gasteiger partial charge is 0.244 e. The Balaban J connectivity index is 1.96. The van der Waals surface area contributed by atoms with Gasteiger partial charge in [-0.3, -0.25) is 4.79 Å². The number of ether oxygens (including phenoxy) is 2. The lowest BCUT2D eigenvalue weighted by molar-refractivity contribution is -0.117. The quantitative estimate of drug-likeness (QED) is 0.784. The summed E-state index contributed by atoms with van der Waals surface area (Å²) in [5, 5.41) is 3.04. The molecule has 0 spiro atoms. The maximum absolute atomic E-state index is 11.9. The van der Waals surface area contributed by atoms with Gasteiger partial charge in [0.2, 0.25) is 5.91 Å². The SMILES string of the molecule is CCCOc1ccc(C=CC(=O)NC2CCCC2)cc1OC. The van der Waals surface area contributed by atoms with Gasteiger partial charge in [0.25, 0.3) is 0 Å². The zero-order chi connectivity index (χ0) is 15.8. The van der Waals surface area contributed by atoms with Crippen LogP contribution in [0.1, 0.15) is 44.6 Å². The van der Waals surface area contributed by atoms with Gasteiger partial charge in [0, 0.05) is 12.1 Å². The highest BCUT2D eigenvalue weighted by Gasteiger charge is 2.15. The molecule has 0 heterocycles. The summed E-state index contributed by atoms with van der Waals surface area (Å²) in [7, 11) is 1.62. The highest BCUT2D eigenvalue weighted by molar-refractivity contribution is 5.92. The number of nitrogens with one attached hydrogen (secondary N) is 1. The average molecular weight is 303 g/mol. The van der Waals surface area contributed by atoms with Crippen molar-refractivity contribution in [2.45, 2.75) is 45.1 Å². The number of methoxy groups -OCH3 is 1. The van der Waals surface area contributed by atoms with Crippen LogP contribution in [0.5, 0.6) is 11.5 Å². The van der Waals surface area contributed by atoms with Gasteiger partial charge in [0.15, 0.2) is 11.5 Å². The maximum Gasteiger partial charge on any atom is 0.244 e. The van der Waals surface area contributed by atoms with Crippen LogP contribution in [0.4, 0.5) is 0 Å². The van der Waals surface area contributed by atoms with Gasteiger partial charge in [0.05, 0.1) is 13.7 Å². The van der Waals surface area contributed by atoms with Crippen LogP contribution < -0.4 is 14.8 Å². The second kappa shape index (κ2) is 8.47. The Kier molecular flexibility index (Phi) is 6.31. The van der Waals surface area contributed by atoms with Gasteiger partial charge in [0.1, 0.15) is 0 Å². The van der Waals surface area contributed by atoms with Crippen molar-refractivity contribution in [1.82, 2.24) is 5.32 Å². The van der Waals surface area contributed by atoms with Crippen LogP contribution in [0, 0.1) is 0 Å². The minimum absolute atomic E-state index is 0.0304. The van der Waals surface area contributed by atoms with E-state index in [0.717, 1.165) is 30.6 Å². The van der Waals surface area contributed by atoms with E-state index in [-0.39, 0.29) is 5.91 Å².